The van der Waals surface area contributed by atoms with Crippen molar-refractivity contribution < 1.29 is 9.47 Å². The third-order valence-corrected chi connectivity index (χ3v) is 3.19. The monoisotopic (exact) mass is 251 g/mol. The van der Waals surface area contributed by atoms with Gasteiger partial charge in [0, 0.05) is 11.6 Å². The van der Waals surface area contributed by atoms with E-state index in [1.54, 1.807) is 6.07 Å². The second-order valence-electron chi connectivity index (χ2n) is 3.80. The SMILES string of the molecule is Cc1c(-c2cc(N)n[nH]2)cc2c(c1Cl)OCO2. The molecule has 0 radical (unpaired) electrons. The Morgan fingerprint density at radius 3 is 2.94 bits per heavy atom. The topological polar surface area (TPSA) is 73.2 Å². The molecular formula is C11H10ClN3O2. The fraction of sp³-hybridized carbons (Fsp3) is 0.182. The number of anilines is 1. The van der Waals surface area contributed by atoms with Crippen molar-refractivity contribution in [2.75, 3.05) is 12.5 Å². The van der Waals surface area contributed by atoms with E-state index in [1.807, 2.05) is 13.0 Å². The highest BCUT2D eigenvalue weighted by atomic mass is 35.5. The van der Waals surface area contributed by atoms with Crippen LogP contribution in [0, 0.1) is 6.92 Å². The van der Waals surface area contributed by atoms with Gasteiger partial charge in [-0.3, -0.25) is 5.10 Å². The normalized spacial score (nSPS) is 13.1. The van der Waals surface area contributed by atoms with Crippen molar-refractivity contribution in [1.82, 2.24) is 10.2 Å². The predicted octanol–water partition coefficient (Wildman–Crippen LogP) is 2.35. The zero-order valence-electron chi connectivity index (χ0n) is 9.08. The fourth-order valence-corrected chi connectivity index (χ4v) is 2.10. The van der Waals surface area contributed by atoms with Gasteiger partial charge in [-0.2, -0.15) is 5.10 Å². The summed E-state index contributed by atoms with van der Waals surface area (Å²) in [7, 11) is 0. The van der Waals surface area contributed by atoms with Gasteiger partial charge in [0.15, 0.2) is 11.5 Å². The minimum atomic E-state index is 0.197. The molecule has 0 spiro atoms. The summed E-state index contributed by atoms with van der Waals surface area (Å²) < 4.78 is 10.6. The molecule has 0 fully saturated rings. The van der Waals surface area contributed by atoms with Crippen LogP contribution in [0.25, 0.3) is 11.3 Å². The first kappa shape index (κ1) is 10.3. The van der Waals surface area contributed by atoms with Crippen LogP contribution >= 0.6 is 11.6 Å². The highest BCUT2D eigenvalue weighted by molar-refractivity contribution is 6.33. The Labute approximate surface area is 102 Å². The molecule has 0 saturated carbocycles. The van der Waals surface area contributed by atoms with Gasteiger partial charge in [0.2, 0.25) is 6.79 Å². The van der Waals surface area contributed by atoms with Crippen LogP contribution in [0.5, 0.6) is 11.5 Å². The summed E-state index contributed by atoms with van der Waals surface area (Å²) >= 11 is 6.23. The van der Waals surface area contributed by atoms with Gasteiger partial charge in [0.25, 0.3) is 0 Å². The second-order valence-corrected chi connectivity index (χ2v) is 4.18. The van der Waals surface area contributed by atoms with Gasteiger partial charge in [-0.15, -0.1) is 0 Å². The number of aromatic nitrogens is 2. The Balaban J connectivity index is 2.21. The van der Waals surface area contributed by atoms with E-state index in [4.69, 9.17) is 26.8 Å². The van der Waals surface area contributed by atoms with Gasteiger partial charge in [-0.05, 0) is 18.6 Å². The van der Waals surface area contributed by atoms with E-state index in [0.717, 1.165) is 16.8 Å². The third-order valence-electron chi connectivity index (χ3n) is 2.74. The standard InChI is InChI=1S/C11H10ClN3O2/c1-5-6(7-3-9(13)15-14-7)2-8-11(10(5)12)17-4-16-8/h2-3H,4H2,1H3,(H3,13,14,15). The predicted molar refractivity (Wildman–Crippen MR) is 64.3 cm³/mol. The van der Waals surface area contributed by atoms with Crippen molar-refractivity contribution in [3.05, 3.63) is 22.7 Å². The van der Waals surface area contributed by atoms with Crippen LogP contribution in [0.2, 0.25) is 5.02 Å². The molecule has 6 heteroatoms. The van der Waals surface area contributed by atoms with Crippen LogP contribution in [-0.4, -0.2) is 17.0 Å². The molecule has 88 valence electrons. The van der Waals surface area contributed by atoms with Crippen LogP contribution in [0.3, 0.4) is 0 Å². The van der Waals surface area contributed by atoms with Gasteiger partial charge in [-0.1, -0.05) is 11.6 Å². The van der Waals surface area contributed by atoms with Crippen molar-refractivity contribution in [3.63, 3.8) is 0 Å². The Bertz CT molecular complexity index is 595. The molecule has 2 aromatic rings. The van der Waals surface area contributed by atoms with Crippen molar-refractivity contribution >= 4 is 17.4 Å². The summed E-state index contributed by atoms with van der Waals surface area (Å²) in [6.07, 6.45) is 0. The Morgan fingerprint density at radius 2 is 2.24 bits per heavy atom. The molecule has 0 atom stereocenters. The zero-order valence-corrected chi connectivity index (χ0v) is 9.84. The number of rotatable bonds is 1. The Hall–Kier alpha value is -1.88. The van der Waals surface area contributed by atoms with Crippen LogP contribution in [0.15, 0.2) is 12.1 Å². The first-order valence-corrected chi connectivity index (χ1v) is 5.44. The third kappa shape index (κ3) is 1.51. The lowest BCUT2D eigenvalue weighted by Crippen LogP contribution is -1.93. The molecule has 17 heavy (non-hydrogen) atoms. The molecule has 1 aromatic heterocycles. The number of nitrogen functional groups attached to an aromatic ring is 1. The van der Waals surface area contributed by atoms with E-state index in [1.165, 1.54) is 0 Å². The summed E-state index contributed by atoms with van der Waals surface area (Å²) in [4.78, 5) is 0. The van der Waals surface area contributed by atoms with E-state index < -0.39 is 0 Å². The fourth-order valence-electron chi connectivity index (χ4n) is 1.85. The number of ether oxygens (including phenoxy) is 2. The number of aromatic amines is 1. The summed E-state index contributed by atoms with van der Waals surface area (Å²) in [5.41, 5.74) is 8.20. The highest BCUT2D eigenvalue weighted by Crippen LogP contribution is 2.44. The average molecular weight is 252 g/mol. The number of nitrogens with one attached hydrogen (secondary N) is 1. The van der Waals surface area contributed by atoms with E-state index in [-0.39, 0.29) is 6.79 Å². The van der Waals surface area contributed by atoms with Gasteiger partial charge >= 0.3 is 0 Å². The van der Waals surface area contributed by atoms with E-state index in [2.05, 4.69) is 10.2 Å². The molecule has 0 aliphatic carbocycles. The van der Waals surface area contributed by atoms with E-state index in [9.17, 15) is 0 Å². The molecular weight excluding hydrogens is 242 g/mol. The van der Waals surface area contributed by atoms with Gasteiger partial charge in [0.05, 0.1) is 10.7 Å². The first-order chi connectivity index (χ1) is 8.16. The molecule has 1 aliphatic heterocycles. The van der Waals surface area contributed by atoms with Crippen molar-refractivity contribution in [1.29, 1.82) is 0 Å². The molecule has 0 unspecified atom stereocenters. The maximum Gasteiger partial charge on any atom is 0.231 e. The number of fused-ring (bicyclic) bond motifs is 1. The van der Waals surface area contributed by atoms with Crippen LogP contribution in [0.1, 0.15) is 5.56 Å². The van der Waals surface area contributed by atoms with E-state index in [0.29, 0.717) is 22.3 Å². The van der Waals surface area contributed by atoms with Crippen LogP contribution in [0.4, 0.5) is 5.82 Å². The molecule has 0 amide bonds. The minimum absolute atomic E-state index is 0.197. The zero-order chi connectivity index (χ0) is 12.0. The van der Waals surface area contributed by atoms with E-state index >= 15 is 0 Å². The number of hydrogen-bond acceptors (Lipinski definition) is 4. The van der Waals surface area contributed by atoms with Gasteiger partial charge < -0.3 is 15.2 Å². The number of halogens is 1. The molecule has 0 bridgehead atoms. The van der Waals surface area contributed by atoms with Gasteiger partial charge in [0.1, 0.15) is 5.82 Å². The molecule has 2 heterocycles. The largest absolute Gasteiger partial charge is 0.454 e. The average Bonchev–Trinajstić information content (AvgIpc) is 2.91. The molecule has 0 saturated heterocycles. The number of H-pyrrole nitrogens is 1. The molecule has 3 N–H and O–H groups in total. The lowest BCUT2D eigenvalue weighted by Gasteiger charge is -2.08. The molecule has 3 rings (SSSR count). The summed E-state index contributed by atoms with van der Waals surface area (Å²) in [6, 6.07) is 3.62. The minimum Gasteiger partial charge on any atom is -0.454 e. The number of hydrogen-bond donors (Lipinski definition) is 2. The van der Waals surface area contributed by atoms with Crippen molar-refractivity contribution in [2.24, 2.45) is 0 Å². The Kier molecular flexibility index (Phi) is 2.16. The first-order valence-electron chi connectivity index (χ1n) is 5.07. The van der Waals surface area contributed by atoms with Crippen LogP contribution < -0.4 is 15.2 Å². The molecule has 5 nitrogen and oxygen atoms in total. The Morgan fingerprint density at radius 1 is 1.41 bits per heavy atom. The maximum atomic E-state index is 6.23. The highest BCUT2D eigenvalue weighted by Gasteiger charge is 2.22. The lowest BCUT2D eigenvalue weighted by atomic mass is 10.0. The number of nitrogens with zero attached hydrogens (tertiary/aromatic N) is 1. The maximum absolute atomic E-state index is 6.23. The summed E-state index contributed by atoms with van der Waals surface area (Å²) in [5, 5.41) is 7.30. The second kappa shape index (κ2) is 3.56. The van der Waals surface area contributed by atoms with Crippen LogP contribution in [-0.2, 0) is 0 Å². The quantitative estimate of drug-likeness (QED) is 0.816. The molecule has 1 aliphatic rings. The van der Waals surface area contributed by atoms with Crippen molar-refractivity contribution in [2.45, 2.75) is 6.92 Å². The smallest absolute Gasteiger partial charge is 0.231 e. The lowest BCUT2D eigenvalue weighted by molar-refractivity contribution is 0.174. The summed E-state index contributed by atoms with van der Waals surface area (Å²) in [6.45, 7) is 2.11. The van der Waals surface area contributed by atoms with Gasteiger partial charge in [-0.25, -0.2) is 0 Å². The number of nitrogens with two attached hydrogens (primary N) is 1. The molecule has 1 aromatic carbocycles. The summed E-state index contributed by atoms with van der Waals surface area (Å²) in [5.74, 6) is 1.68. The number of benzene rings is 1. The van der Waals surface area contributed by atoms with Crippen molar-refractivity contribution in [3.8, 4) is 22.8 Å².